The van der Waals surface area contributed by atoms with Crippen LogP contribution in [0.3, 0.4) is 0 Å². The molecule has 0 radical (unpaired) electrons. The molecule has 0 atom stereocenters. The molecule has 0 unspecified atom stereocenters. The lowest BCUT2D eigenvalue weighted by Gasteiger charge is -1.98. The molecular weight excluding hydrogens is 250 g/mol. The van der Waals surface area contributed by atoms with Crippen molar-refractivity contribution in [2.75, 3.05) is 0 Å². The predicted molar refractivity (Wildman–Crippen MR) is 57.1 cm³/mol. The van der Waals surface area contributed by atoms with Crippen LogP contribution >= 0.6 is 0 Å². The molecule has 1 aromatic carbocycles. The van der Waals surface area contributed by atoms with Gasteiger partial charge in [0.25, 0.3) is 5.69 Å². The minimum atomic E-state index is -3.98. The summed E-state index contributed by atoms with van der Waals surface area (Å²) in [7, 11) is -3.98. The molecule has 0 bridgehead atoms. The van der Waals surface area contributed by atoms with Crippen molar-refractivity contribution < 1.29 is 23.2 Å². The van der Waals surface area contributed by atoms with Crippen LogP contribution in [0, 0.1) is 10.1 Å². The van der Waals surface area contributed by atoms with E-state index in [0.717, 1.165) is 18.2 Å². The number of nitro groups is 1. The molecule has 1 rings (SSSR count). The number of nitrogens with zero attached hydrogens (tertiary/aromatic N) is 1. The first-order chi connectivity index (χ1) is 7.83. The largest absolute Gasteiger partial charge is 0.478 e. The number of non-ortho nitro benzene ring substituents is 1. The molecule has 0 aliphatic heterocycles. The maximum absolute atomic E-state index is 11.5. The van der Waals surface area contributed by atoms with Crippen molar-refractivity contribution in [2.45, 2.75) is 4.90 Å². The highest BCUT2D eigenvalue weighted by atomic mass is 32.2. The van der Waals surface area contributed by atoms with Gasteiger partial charge in [-0.15, -0.1) is 0 Å². The molecule has 0 aliphatic rings. The van der Waals surface area contributed by atoms with Gasteiger partial charge in [0, 0.05) is 23.6 Å². The van der Waals surface area contributed by atoms with E-state index in [1.807, 2.05) is 0 Å². The number of carboxylic acid groups (broad SMARTS) is 1. The van der Waals surface area contributed by atoms with Crippen molar-refractivity contribution in [3.05, 3.63) is 45.9 Å². The van der Waals surface area contributed by atoms with E-state index in [-0.39, 0.29) is 10.6 Å². The summed E-state index contributed by atoms with van der Waals surface area (Å²) in [5, 5.41) is 19.2. The Hall–Kier alpha value is -2.22. The number of rotatable bonds is 4. The van der Waals surface area contributed by atoms with Gasteiger partial charge in [0.2, 0.25) is 0 Å². The summed E-state index contributed by atoms with van der Waals surface area (Å²) in [4.78, 5) is 19.6. The Morgan fingerprint density at radius 2 is 2.06 bits per heavy atom. The molecule has 0 saturated carbocycles. The number of carboxylic acids is 1. The second-order valence-electron chi connectivity index (χ2n) is 2.94. The van der Waals surface area contributed by atoms with Crippen LogP contribution in [0.15, 0.2) is 40.6 Å². The maximum atomic E-state index is 11.5. The van der Waals surface area contributed by atoms with Crippen molar-refractivity contribution in [1.82, 2.24) is 0 Å². The molecular formula is C9H7NO6S. The second-order valence-corrected chi connectivity index (χ2v) is 4.77. The number of carbonyl (C=O) groups is 1. The number of hydrogen-bond acceptors (Lipinski definition) is 5. The summed E-state index contributed by atoms with van der Waals surface area (Å²) < 4.78 is 23.1. The van der Waals surface area contributed by atoms with Gasteiger partial charge in [-0.3, -0.25) is 10.1 Å². The van der Waals surface area contributed by atoms with Crippen molar-refractivity contribution >= 4 is 21.5 Å². The summed E-state index contributed by atoms with van der Waals surface area (Å²) >= 11 is 0. The first-order valence-electron chi connectivity index (χ1n) is 4.23. The molecule has 1 aromatic rings. The lowest BCUT2D eigenvalue weighted by atomic mass is 10.3. The van der Waals surface area contributed by atoms with Gasteiger partial charge in [-0.1, -0.05) is 6.07 Å². The third kappa shape index (κ3) is 3.38. The summed E-state index contributed by atoms with van der Waals surface area (Å²) in [5.41, 5.74) is -0.380. The molecule has 0 heterocycles. The molecule has 1 N–H and O–H groups in total. The number of nitro benzene ring substituents is 1. The Bertz CT molecular complexity index is 589. The molecule has 0 spiro atoms. The number of sulfone groups is 1. The fourth-order valence-corrected chi connectivity index (χ4v) is 2.01. The van der Waals surface area contributed by atoms with E-state index in [0.29, 0.717) is 11.5 Å². The zero-order valence-electron chi connectivity index (χ0n) is 8.31. The van der Waals surface area contributed by atoms with E-state index in [9.17, 15) is 23.3 Å². The van der Waals surface area contributed by atoms with E-state index >= 15 is 0 Å². The maximum Gasteiger partial charge on any atom is 0.329 e. The first-order valence-corrected chi connectivity index (χ1v) is 5.78. The highest BCUT2D eigenvalue weighted by molar-refractivity contribution is 7.94. The molecule has 0 fully saturated rings. The monoisotopic (exact) mass is 257 g/mol. The Kier molecular flexibility index (Phi) is 3.59. The van der Waals surface area contributed by atoms with Crippen LogP contribution in [0.25, 0.3) is 0 Å². The standard InChI is InChI=1S/C9H7NO6S/c11-9(12)4-5-17(15,16)8-3-1-2-7(6-8)10(13)14/h1-6H,(H,11,12)/b5-4-. The zero-order valence-corrected chi connectivity index (χ0v) is 9.12. The average molecular weight is 257 g/mol. The number of aliphatic carboxylic acids is 1. The summed E-state index contributed by atoms with van der Waals surface area (Å²) in [6, 6.07) is 4.36. The van der Waals surface area contributed by atoms with Crippen molar-refractivity contribution in [3.8, 4) is 0 Å². The smallest absolute Gasteiger partial charge is 0.329 e. The molecule has 7 nitrogen and oxygen atoms in total. The van der Waals surface area contributed by atoms with Gasteiger partial charge in [0.05, 0.1) is 9.82 Å². The Balaban J connectivity index is 3.20. The van der Waals surface area contributed by atoms with Crippen molar-refractivity contribution in [1.29, 1.82) is 0 Å². The summed E-state index contributed by atoms with van der Waals surface area (Å²) in [5.74, 6) is -1.42. The lowest BCUT2D eigenvalue weighted by molar-refractivity contribution is -0.385. The van der Waals surface area contributed by atoms with E-state index in [2.05, 4.69) is 0 Å². The van der Waals surface area contributed by atoms with Crippen molar-refractivity contribution in [2.24, 2.45) is 0 Å². The third-order valence-corrected chi connectivity index (χ3v) is 3.15. The first kappa shape index (κ1) is 12.8. The van der Waals surface area contributed by atoms with Crippen LogP contribution < -0.4 is 0 Å². The van der Waals surface area contributed by atoms with Gasteiger partial charge >= 0.3 is 5.97 Å². The molecule has 0 amide bonds. The number of benzene rings is 1. The highest BCUT2D eigenvalue weighted by Crippen LogP contribution is 2.18. The van der Waals surface area contributed by atoms with Crippen LogP contribution in [0.4, 0.5) is 5.69 Å². The van der Waals surface area contributed by atoms with Crippen LogP contribution in [0.2, 0.25) is 0 Å². The third-order valence-electron chi connectivity index (χ3n) is 1.75. The Morgan fingerprint density at radius 1 is 1.41 bits per heavy atom. The number of hydrogen-bond donors (Lipinski definition) is 1. The molecule has 17 heavy (non-hydrogen) atoms. The minimum Gasteiger partial charge on any atom is -0.478 e. The molecule has 0 aliphatic carbocycles. The lowest BCUT2D eigenvalue weighted by Crippen LogP contribution is -1.99. The fraction of sp³-hybridized carbons (Fsp3) is 0. The van der Waals surface area contributed by atoms with Gasteiger partial charge < -0.3 is 5.11 Å². The Labute approximate surface area is 96.1 Å². The summed E-state index contributed by atoms with van der Waals surface area (Å²) in [6.45, 7) is 0. The van der Waals surface area contributed by atoms with Gasteiger partial charge in [-0.2, -0.15) is 0 Å². The summed E-state index contributed by atoms with van der Waals surface area (Å²) in [6.07, 6.45) is 0.453. The average Bonchev–Trinajstić information content (AvgIpc) is 2.27. The topological polar surface area (TPSA) is 115 Å². The van der Waals surface area contributed by atoms with Crippen LogP contribution in [-0.2, 0) is 14.6 Å². The normalized spacial score (nSPS) is 11.5. The minimum absolute atomic E-state index is 0.329. The fourth-order valence-electron chi connectivity index (χ4n) is 1.00. The van der Waals surface area contributed by atoms with Crippen LogP contribution in [0.5, 0.6) is 0 Å². The molecule has 8 heteroatoms. The van der Waals surface area contributed by atoms with Gasteiger partial charge in [0.15, 0.2) is 9.84 Å². The predicted octanol–water partition coefficient (Wildman–Crippen LogP) is 0.967. The molecule has 0 aromatic heterocycles. The van der Waals surface area contributed by atoms with E-state index in [4.69, 9.17) is 5.11 Å². The van der Waals surface area contributed by atoms with Crippen molar-refractivity contribution in [3.63, 3.8) is 0 Å². The molecule has 90 valence electrons. The van der Waals surface area contributed by atoms with E-state index < -0.39 is 20.7 Å². The highest BCUT2D eigenvalue weighted by Gasteiger charge is 2.15. The Morgan fingerprint density at radius 3 is 2.59 bits per heavy atom. The van der Waals surface area contributed by atoms with Gasteiger partial charge in [0.1, 0.15) is 0 Å². The SMILES string of the molecule is O=C(O)/C=C\S(=O)(=O)c1cccc([N+](=O)[O-])c1. The molecule has 0 saturated heterocycles. The zero-order chi connectivity index (χ0) is 13.1. The van der Waals surface area contributed by atoms with E-state index in [1.165, 1.54) is 6.07 Å². The van der Waals surface area contributed by atoms with Crippen LogP contribution in [0.1, 0.15) is 0 Å². The second kappa shape index (κ2) is 4.74. The quantitative estimate of drug-likeness (QED) is 0.488. The van der Waals surface area contributed by atoms with Gasteiger partial charge in [-0.05, 0) is 6.07 Å². The van der Waals surface area contributed by atoms with E-state index in [1.54, 1.807) is 0 Å². The van der Waals surface area contributed by atoms with Crippen LogP contribution in [-0.4, -0.2) is 24.4 Å². The van der Waals surface area contributed by atoms with Gasteiger partial charge in [-0.25, -0.2) is 13.2 Å².